The van der Waals surface area contributed by atoms with Gasteiger partial charge in [0.2, 0.25) is 31.8 Å². The number of esters is 2. The monoisotopic (exact) mass is 726 g/mol. The first-order chi connectivity index (χ1) is 24.4. The Morgan fingerprint density at radius 1 is 0.647 bits per heavy atom. The van der Waals surface area contributed by atoms with Crippen LogP contribution in [0.5, 0.6) is 0 Å². The van der Waals surface area contributed by atoms with Crippen LogP contribution in [0, 0.1) is 0 Å². The summed E-state index contributed by atoms with van der Waals surface area (Å²) in [6, 6.07) is 26.1. The molecule has 2 heterocycles. The Hall–Kier alpha value is -5.74. The number of hydrogen-bond acceptors (Lipinski definition) is 11. The number of sulfonamides is 2. The fourth-order valence-electron chi connectivity index (χ4n) is 5.70. The number of carbonyl (C=O) groups is 2. The molecule has 0 saturated carbocycles. The zero-order valence-electron chi connectivity index (χ0n) is 26.7. The number of benzene rings is 4. The lowest BCUT2D eigenvalue weighted by Gasteiger charge is -2.19. The van der Waals surface area contributed by atoms with E-state index < -0.39 is 43.8 Å². The second-order valence-corrected chi connectivity index (χ2v) is 14.5. The van der Waals surface area contributed by atoms with E-state index in [0.29, 0.717) is 23.1 Å². The lowest BCUT2D eigenvalue weighted by molar-refractivity contribution is -0.161. The van der Waals surface area contributed by atoms with E-state index in [1.54, 1.807) is 48.5 Å². The molecule has 0 saturated heterocycles. The van der Waals surface area contributed by atoms with E-state index in [9.17, 15) is 26.4 Å². The van der Waals surface area contributed by atoms with Crippen molar-refractivity contribution in [3.05, 3.63) is 145 Å². The van der Waals surface area contributed by atoms with E-state index >= 15 is 0 Å². The van der Waals surface area contributed by atoms with Crippen LogP contribution in [0.25, 0.3) is 22.3 Å². The number of aromatic nitrogens is 2. The van der Waals surface area contributed by atoms with Gasteiger partial charge in [0.25, 0.3) is 0 Å². The number of hydrogen-bond donors (Lipinski definition) is 2. The number of primary sulfonamides is 2. The first-order valence-corrected chi connectivity index (χ1v) is 18.5. The van der Waals surface area contributed by atoms with E-state index in [4.69, 9.17) is 23.8 Å². The molecule has 2 atom stereocenters. The third-order valence-corrected chi connectivity index (χ3v) is 10.0. The number of nitrogens with zero attached hydrogens (tertiary/aromatic N) is 2. The topological polar surface area (TPSA) is 216 Å². The molecule has 51 heavy (non-hydrogen) atoms. The van der Waals surface area contributed by atoms with Crippen molar-refractivity contribution in [2.45, 2.75) is 34.5 Å². The van der Waals surface area contributed by atoms with Crippen molar-refractivity contribution in [1.29, 1.82) is 0 Å². The quantitative estimate of drug-likeness (QED) is 0.128. The van der Waals surface area contributed by atoms with Gasteiger partial charge in [-0.15, -0.1) is 0 Å². The van der Waals surface area contributed by atoms with Gasteiger partial charge in [-0.1, -0.05) is 72.8 Å². The van der Waals surface area contributed by atoms with Gasteiger partial charge in [-0.05, 0) is 70.5 Å². The highest BCUT2D eigenvalue weighted by atomic mass is 32.2. The predicted octanol–water partition coefficient (Wildman–Crippen LogP) is 4.91. The highest BCUT2D eigenvalue weighted by Gasteiger charge is 2.36. The number of nitrogens with two attached hydrogens (primary N) is 2. The van der Waals surface area contributed by atoms with Gasteiger partial charge in [-0.2, -0.15) is 0 Å². The van der Waals surface area contributed by atoms with Gasteiger partial charge in [0.1, 0.15) is 18.4 Å². The van der Waals surface area contributed by atoms with Crippen molar-refractivity contribution < 1.29 is 40.0 Å². The first-order valence-electron chi connectivity index (χ1n) is 15.4. The zero-order valence-corrected chi connectivity index (χ0v) is 28.3. The minimum absolute atomic E-state index is 0.0225. The summed E-state index contributed by atoms with van der Waals surface area (Å²) in [4.78, 5) is 36.0. The summed E-state index contributed by atoms with van der Waals surface area (Å²) in [5.41, 5.74) is 3.84. The van der Waals surface area contributed by atoms with Crippen LogP contribution in [-0.2, 0) is 40.8 Å². The van der Waals surface area contributed by atoms with Crippen molar-refractivity contribution in [2.24, 2.45) is 10.3 Å². The Morgan fingerprint density at radius 2 is 1.16 bits per heavy atom. The molecule has 0 radical (unpaired) electrons. The fraction of sp³-hybridized carbons (Fsp3) is 0.111. The van der Waals surface area contributed by atoms with Crippen LogP contribution in [0.2, 0.25) is 0 Å². The second kappa shape index (κ2) is 14.6. The van der Waals surface area contributed by atoms with Crippen molar-refractivity contribution in [3.8, 4) is 22.3 Å². The molecule has 6 aromatic rings. The van der Waals surface area contributed by atoms with E-state index in [1.165, 1.54) is 49.2 Å². The standard InChI is InChI=1S/C36H30N4O9S2/c37-50(43,44)26-14-9-24(10-15-26)28-6-2-1-5-23(28)13-18-31(33-39-19-21-47-33)35(41)49-36(42)32(34-40-20-22-48-34)30-8-4-3-7-29(30)25-11-16-27(17-12-25)51(38,45)46/h1-12,14-17,19-22,31-32H,13,18H2,(H2,37,43,44)(H2,38,45,46). The molecule has 0 aliphatic carbocycles. The highest BCUT2D eigenvalue weighted by molar-refractivity contribution is 7.89. The molecule has 4 aromatic carbocycles. The fourth-order valence-corrected chi connectivity index (χ4v) is 6.73. The number of aryl methyl sites for hydroxylation is 1. The molecule has 0 spiro atoms. The number of ether oxygens (including phenoxy) is 1. The van der Waals surface area contributed by atoms with Gasteiger partial charge in [-0.25, -0.2) is 37.1 Å². The summed E-state index contributed by atoms with van der Waals surface area (Å²) in [7, 11) is -7.81. The minimum Gasteiger partial charge on any atom is -0.448 e. The molecule has 0 fully saturated rings. The van der Waals surface area contributed by atoms with Gasteiger partial charge in [0, 0.05) is 0 Å². The van der Waals surface area contributed by atoms with E-state index in [0.717, 1.165) is 16.7 Å². The third-order valence-electron chi connectivity index (χ3n) is 8.15. The molecule has 0 aliphatic heterocycles. The van der Waals surface area contributed by atoms with Crippen molar-refractivity contribution in [1.82, 2.24) is 9.97 Å². The Bertz CT molecular complexity index is 2380. The molecule has 2 unspecified atom stereocenters. The maximum Gasteiger partial charge on any atom is 0.330 e. The molecule has 13 nitrogen and oxygen atoms in total. The molecule has 2 aromatic heterocycles. The lowest BCUT2D eigenvalue weighted by Crippen LogP contribution is -2.26. The van der Waals surface area contributed by atoms with Crippen LogP contribution in [0.1, 0.15) is 41.2 Å². The van der Waals surface area contributed by atoms with E-state index in [1.807, 2.05) is 24.3 Å². The summed E-state index contributed by atoms with van der Waals surface area (Å²) in [5, 5.41) is 10.5. The average molecular weight is 727 g/mol. The molecule has 6 rings (SSSR count). The summed E-state index contributed by atoms with van der Waals surface area (Å²) in [6.07, 6.45) is 5.79. The number of oxazole rings is 2. The molecule has 15 heteroatoms. The summed E-state index contributed by atoms with van der Waals surface area (Å²) in [5.74, 6) is -4.24. The Kier molecular flexibility index (Phi) is 10.1. The third kappa shape index (κ3) is 8.02. The molecular formula is C36H30N4O9S2. The van der Waals surface area contributed by atoms with E-state index in [2.05, 4.69) is 9.97 Å². The van der Waals surface area contributed by atoms with Crippen LogP contribution < -0.4 is 10.3 Å². The summed E-state index contributed by atoms with van der Waals surface area (Å²) in [6.45, 7) is 0. The Balaban J connectivity index is 1.27. The second-order valence-electron chi connectivity index (χ2n) is 11.4. The Labute approximate surface area is 293 Å². The van der Waals surface area contributed by atoms with Crippen molar-refractivity contribution in [2.75, 3.05) is 0 Å². The molecule has 0 amide bonds. The normalized spacial score (nSPS) is 13.0. The molecule has 0 aliphatic rings. The zero-order chi connectivity index (χ0) is 36.2. The smallest absolute Gasteiger partial charge is 0.330 e. The number of carbonyl (C=O) groups excluding carboxylic acids is 2. The average Bonchev–Trinajstić information content (AvgIpc) is 3.84. The van der Waals surface area contributed by atoms with Crippen LogP contribution in [0.4, 0.5) is 0 Å². The van der Waals surface area contributed by atoms with Gasteiger partial charge >= 0.3 is 11.9 Å². The van der Waals surface area contributed by atoms with E-state index in [-0.39, 0.29) is 28.0 Å². The van der Waals surface area contributed by atoms with Crippen LogP contribution in [0.15, 0.2) is 141 Å². The van der Waals surface area contributed by atoms with Gasteiger partial charge in [0.15, 0.2) is 5.92 Å². The van der Waals surface area contributed by atoms with Gasteiger partial charge in [0.05, 0.1) is 22.2 Å². The van der Waals surface area contributed by atoms with Gasteiger partial charge < -0.3 is 13.6 Å². The van der Waals surface area contributed by atoms with Crippen LogP contribution in [0.3, 0.4) is 0 Å². The summed E-state index contributed by atoms with van der Waals surface area (Å²) < 4.78 is 63.7. The molecule has 260 valence electrons. The predicted molar refractivity (Wildman–Crippen MR) is 184 cm³/mol. The van der Waals surface area contributed by atoms with Crippen LogP contribution >= 0.6 is 0 Å². The first kappa shape index (κ1) is 35.1. The highest BCUT2D eigenvalue weighted by Crippen LogP contribution is 2.35. The van der Waals surface area contributed by atoms with Gasteiger partial charge in [-0.3, -0.25) is 9.59 Å². The Morgan fingerprint density at radius 3 is 1.71 bits per heavy atom. The number of rotatable bonds is 12. The lowest BCUT2D eigenvalue weighted by atomic mass is 9.90. The minimum atomic E-state index is -3.94. The van der Waals surface area contributed by atoms with Crippen LogP contribution in [-0.4, -0.2) is 38.7 Å². The maximum absolute atomic E-state index is 14.0. The van der Waals surface area contributed by atoms with Crippen molar-refractivity contribution in [3.63, 3.8) is 0 Å². The molecule has 0 bridgehead atoms. The molecular weight excluding hydrogens is 697 g/mol. The maximum atomic E-state index is 14.0. The summed E-state index contributed by atoms with van der Waals surface area (Å²) >= 11 is 0. The SMILES string of the molecule is NS(=O)(=O)c1ccc(-c2ccccc2CCC(C(=O)OC(=O)C(c2ncco2)c2ccccc2-c2ccc(S(N)(=O)=O)cc2)c2ncco2)cc1. The van der Waals surface area contributed by atoms with Crippen molar-refractivity contribution >= 4 is 32.0 Å². The largest absolute Gasteiger partial charge is 0.448 e. The molecule has 4 N–H and O–H groups in total.